The van der Waals surface area contributed by atoms with E-state index >= 15 is 0 Å². The number of rotatable bonds is 6. The van der Waals surface area contributed by atoms with Gasteiger partial charge in [-0.2, -0.15) is 0 Å². The van der Waals surface area contributed by atoms with E-state index in [0.29, 0.717) is 12.5 Å². The molecule has 0 spiro atoms. The van der Waals surface area contributed by atoms with Gasteiger partial charge in [0.25, 0.3) is 0 Å². The Balaban J connectivity index is 2.15. The first-order valence-electron chi connectivity index (χ1n) is 7.71. The van der Waals surface area contributed by atoms with Gasteiger partial charge < -0.3 is 9.64 Å². The average molecular weight is 290 g/mol. The van der Waals surface area contributed by atoms with Crippen LogP contribution in [0.1, 0.15) is 45.3 Å². The number of carbonyl (C=O) groups excluding carboxylic acids is 1. The van der Waals surface area contributed by atoms with E-state index in [4.69, 9.17) is 4.74 Å². The third-order valence-electron chi connectivity index (χ3n) is 4.06. The van der Waals surface area contributed by atoms with Crippen molar-refractivity contribution in [3.05, 3.63) is 29.8 Å². The van der Waals surface area contributed by atoms with E-state index in [1.54, 1.807) is 7.11 Å². The van der Waals surface area contributed by atoms with Crippen molar-refractivity contribution in [2.75, 3.05) is 13.7 Å². The minimum absolute atomic E-state index is 0.0465. The van der Waals surface area contributed by atoms with E-state index in [1.807, 2.05) is 29.2 Å². The average Bonchev–Trinajstić information content (AvgIpc) is 2.86. The third-order valence-corrected chi connectivity index (χ3v) is 4.06. The van der Waals surface area contributed by atoms with Crippen LogP contribution >= 0.6 is 0 Å². The molecule has 1 aliphatic rings. The number of hydrogen-bond donors (Lipinski definition) is 1. The van der Waals surface area contributed by atoms with Crippen molar-refractivity contribution in [1.29, 1.82) is 0 Å². The Morgan fingerprint density at radius 1 is 1.33 bits per heavy atom. The van der Waals surface area contributed by atoms with E-state index in [1.165, 1.54) is 0 Å². The van der Waals surface area contributed by atoms with Crippen LogP contribution in [0.3, 0.4) is 0 Å². The second-order valence-electron chi connectivity index (χ2n) is 6.18. The van der Waals surface area contributed by atoms with Crippen LogP contribution in [0.25, 0.3) is 0 Å². The molecule has 0 saturated carbocycles. The minimum atomic E-state index is -0.0465. The molecule has 0 bridgehead atoms. The highest BCUT2D eigenvalue weighted by Gasteiger charge is 2.34. The van der Waals surface area contributed by atoms with Crippen LogP contribution in [-0.2, 0) is 4.79 Å². The fraction of sp³-hybridized carbons (Fsp3) is 0.588. The lowest BCUT2D eigenvalue weighted by molar-refractivity contribution is -0.130. The van der Waals surface area contributed by atoms with Crippen LogP contribution in [0.15, 0.2) is 24.3 Å². The first-order chi connectivity index (χ1) is 10.0. The smallest absolute Gasteiger partial charge is 0.238 e. The fourth-order valence-corrected chi connectivity index (χ4v) is 2.82. The van der Waals surface area contributed by atoms with Crippen LogP contribution < -0.4 is 10.1 Å². The zero-order valence-electron chi connectivity index (χ0n) is 13.4. The maximum Gasteiger partial charge on any atom is 0.238 e. The maximum atomic E-state index is 12.2. The molecule has 0 radical (unpaired) electrons. The molecular weight excluding hydrogens is 264 g/mol. The number of ether oxygens (including phenoxy) is 1. The minimum Gasteiger partial charge on any atom is -0.497 e. The Morgan fingerprint density at radius 3 is 2.76 bits per heavy atom. The molecule has 1 aliphatic heterocycles. The second-order valence-corrected chi connectivity index (χ2v) is 6.18. The molecule has 2 atom stereocenters. The lowest BCUT2D eigenvalue weighted by Crippen LogP contribution is -2.38. The van der Waals surface area contributed by atoms with Gasteiger partial charge in [0.15, 0.2) is 0 Å². The van der Waals surface area contributed by atoms with Gasteiger partial charge in [-0.05, 0) is 43.4 Å². The Labute approximate surface area is 127 Å². The molecule has 1 saturated heterocycles. The summed E-state index contributed by atoms with van der Waals surface area (Å²) in [5, 5.41) is 3.31. The van der Waals surface area contributed by atoms with Crippen LogP contribution in [0, 0.1) is 5.92 Å². The lowest BCUT2D eigenvalue weighted by atomic mass is 10.0. The highest BCUT2D eigenvalue weighted by molar-refractivity contribution is 5.81. The number of benzene rings is 1. The van der Waals surface area contributed by atoms with E-state index in [9.17, 15) is 4.79 Å². The van der Waals surface area contributed by atoms with Crippen LogP contribution in [0.2, 0.25) is 0 Å². The quantitative estimate of drug-likeness (QED) is 0.876. The maximum absolute atomic E-state index is 12.2. The first-order valence-corrected chi connectivity index (χ1v) is 7.71. The van der Waals surface area contributed by atoms with Gasteiger partial charge >= 0.3 is 0 Å². The number of hydrogen-bond acceptors (Lipinski definition) is 3. The molecule has 116 valence electrons. The van der Waals surface area contributed by atoms with E-state index in [0.717, 1.165) is 24.2 Å². The number of methoxy groups -OCH3 is 1. The largest absolute Gasteiger partial charge is 0.497 e. The molecule has 1 fully saturated rings. The molecule has 2 rings (SSSR count). The van der Waals surface area contributed by atoms with Crippen LogP contribution in [0.5, 0.6) is 5.75 Å². The number of amides is 1. The Hall–Kier alpha value is -1.55. The van der Waals surface area contributed by atoms with Gasteiger partial charge in [-0.15, -0.1) is 0 Å². The van der Waals surface area contributed by atoms with E-state index in [2.05, 4.69) is 26.1 Å². The van der Waals surface area contributed by atoms with Crippen molar-refractivity contribution < 1.29 is 9.53 Å². The Morgan fingerprint density at radius 2 is 2.10 bits per heavy atom. The molecule has 1 aromatic rings. The van der Waals surface area contributed by atoms with Crippen molar-refractivity contribution in [2.24, 2.45) is 5.92 Å². The summed E-state index contributed by atoms with van der Waals surface area (Å²) in [6.07, 6.45) is 2.12. The van der Waals surface area contributed by atoms with Crippen LogP contribution in [0.4, 0.5) is 0 Å². The summed E-state index contributed by atoms with van der Waals surface area (Å²) in [4.78, 5) is 14.2. The molecule has 1 aromatic carbocycles. The topological polar surface area (TPSA) is 41.6 Å². The number of carbonyl (C=O) groups is 1. The fourth-order valence-electron chi connectivity index (χ4n) is 2.82. The normalized spacial score (nSPS) is 20.1. The van der Waals surface area contributed by atoms with Crippen molar-refractivity contribution in [2.45, 2.75) is 45.8 Å². The summed E-state index contributed by atoms with van der Waals surface area (Å²) in [7, 11) is 1.66. The molecule has 21 heavy (non-hydrogen) atoms. The molecule has 0 aromatic heterocycles. The van der Waals surface area contributed by atoms with Crippen LogP contribution in [-0.4, -0.2) is 30.5 Å². The predicted octanol–water partition coefficient (Wildman–Crippen LogP) is 2.95. The molecule has 4 nitrogen and oxygen atoms in total. The van der Waals surface area contributed by atoms with Gasteiger partial charge in [-0.25, -0.2) is 0 Å². The highest BCUT2D eigenvalue weighted by atomic mass is 16.5. The van der Waals surface area contributed by atoms with E-state index < -0.39 is 0 Å². The molecular formula is C17H26N2O2. The standard InChI is InChI=1S/C17H26N2O2/c1-12(2)8-9-13(3)19-16(20)11-18-17(19)14-6-5-7-15(10-14)21-4/h5-7,10,12-13,17-18H,8-9,11H2,1-4H3. The van der Waals surface area contributed by atoms with Crippen molar-refractivity contribution in [3.63, 3.8) is 0 Å². The summed E-state index contributed by atoms with van der Waals surface area (Å²) >= 11 is 0. The second kappa shape index (κ2) is 6.94. The van der Waals surface area contributed by atoms with Gasteiger partial charge in [0, 0.05) is 6.04 Å². The van der Waals surface area contributed by atoms with Gasteiger partial charge in [-0.3, -0.25) is 10.1 Å². The zero-order valence-corrected chi connectivity index (χ0v) is 13.4. The lowest BCUT2D eigenvalue weighted by Gasteiger charge is -2.31. The van der Waals surface area contributed by atoms with E-state index in [-0.39, 0.29) is 18.1 Å². The van der Waals surface area contributed by atoms with Gasteiger partial charge in [-0.1, -0.05) is 26.0 Å². The summed E-state index contributed by atoms with van der Waals surface area (Å²) in [6.45, 7) is 6.99. The van der Waals surface area contributed by atoms with Gasteiger partial charge in [0.1, 0.15) is 11.9 Å². The molecule has 0 aliphatic carbocycles. The summed E-state index contributed by atoms with van der Waals surface area (Å²) in [6, 6.07) is 8.17. The van der Waals surface area contributed by atoms with Gasteiger partial charge in [0.05, 0.1) is 13.7 Å². The third kappa shape index (κ3) is 3.76. The molecule has 1 heterocycles. The highest BCUT2D eigenvalue weighted by Crippen LogP contribution is 2.28. The SMILES string of the molecule is COc1cccc(C2NCC(=O)N2C(C)CCC(C)C)c1. The molecule has 1 amide bonds. The predicted molar refractivity (Wildman–Crippen MR) is 84.1 cm³/mol. The van der Waals surface area contributed by atoms with Crippen molar-refractivity contribution in [3.8, 4) is 5.75 Å². The Kier molecular flexibility index (Phi) is 5.23. The number of nitrogens with one attached hydrogen (secondary N) is 1. The number of nitrogens with zero attached hydrogens (tertiary/aromatic N) is 1. The monoisotopic (exact) mass is 290 g/mol. The molecule has 1 N–H and O–H groups in total. The molecule has 2 unspecified atom stereocenters. The Bertz CT molecular complexity index is 487. The molecule has 4 heteroatoms. The van der Waals surface area contributed by atoms with Crippen molar-refractivity contribution >= 4 is 5.91 Å². The summed E-state index contributed by atoms with van der Waals surface area (Å²) < 4.78 is 5.28. The van der Waals surface area contributed by atoms with Gasteiger partial charge in [0.2, 0.25) is 5.91 Å². The summed E-state index contributed by atoms with van der Waals surface area (Å²) in [5.74, 6) is 1.66. The first kappa shape index (κ1) is 15.8. The van der Waals surface area contributed by atoms with Crippen molar-refractivity contribution in [1.82, 2.24) is 10.2 Å². The summed E-state index contributed by atoms with van der Waals surface area (Å²) in [5.41, 5.74) is 1.08. The zero-order chi connectivity index (χ0) is 15.4.